The molecule has 0 N–H and O–H groups in total. The summed E-state index contributed by atoms with van der Waals surface area (Å²) in [7, 11) is 0. The van der Waals surface area contributed by atoms with Crippen LogP contribution in [0.25, 0.3) is 21.5 Å². The van der Waals surface area contributed by atoms with Crippen LogP contribution in [0.2, 0.25) is 0 Å². The first-order valence-electron chi connectivity index (χ1n) is 9.80. The summed E-state index contributed by atoms with van der Waals surface area (Å²) in [5.74, 6) is 3.17. The maximum atomic E-state index is 6.36. The fraction of sp³-hybridized carbons (Fsp3) is 0.0370. The van der Waals surface area contributed by atoms with E-state index in [1.807, 2.05) is 67.6 Å². The summed E-state index contributed by atoms with van der Waals surface area (Å²) in [4.78, 5) is 0. The molecular weight excluding hydrogens is 436 g/mol. The number of benzene rings is 5. The molecule has 2 nitrogen and oxygen atoms in total. The molecule has 5 aromatic rings. The van der Waals surface area contributed by atoms with Gasteiger partial charge in [0, 0.05) is 20.8 Å². The molecule has 0 aliphatic carbocycles. The van der Waals surface area contributed by atoms with E-state index in [0.717, 1.165) is 54.6 Å². The molecule has 0 aliphatic rings. The molecule has 5 rings (SSSR count). The highest BCUT2D eigenvalue weighted by molar-refractivity contribution is 9.10. The molecule has 0 heterocycles. The van der Waals surface area contributed by atoms with Gasteiger partial charge in [-0.25, -0.2) is 0 Å². The molecule has 0 unspecified atom stereocenters. The molecule has 0 atom stereocenters. The molecule has 0 radical (unpaired) electrons. The molecular formula is C27H19BrO2. The van der Waals surface area contributed by atoms with Crippen LogP contribution in [-0.2, 0) is 0 Å². The zero-order valence-corrected chi connectivity index (χ0v) is 18.0. The number of fused-ring (bicyclic) bond motifs is 2. The van der Waals surface area contributed by atoms with Gasteiger partial charge in [-0.1, -0.05) is 88.7 Å². The first-order valence-corrected chi connectivity index (χ1v) is 10.6. The zero-order chi connectivity index (χ0) is 20.5. The minimum Gasteiger partial charge on any atom is -0.456 e. The van der Waals surface area contributed by atoms with Crippen LogP contribution in [0.1, 0.15) is 5.56 Å². The van der Waals surface area contributed by atoms with E-state index >= 15 is 0 Å². The lowest BCUT2D eigenvalue weighted by atomic mass is 10.1. The van der Waals surface area contributed by atoms with Crippen molar-refractivity contribution in [3.05, 3.63) is 107 Å². The Labute approximate surface area is 183 Å². The van der Waals surface area contributed by atoms with E-state index in [2.05, 4.69) is 52.3 Å². The van der Waals surface area contributed by atoms with Crippen molar-refractivity contribution in [3.63, 3.8) is 0 Å². The Balaban J connectivity index is 1.55. The SMILES string of the molecule is Cc1c(Oc2cccc3ccccc23)cc(Br)cc1Oc1cccc2ccccc12. The zero-order valence-electron chi connectivity index (χ0n) is 16.4. The topological polar surface area (TPSA) is 18.5 Å². The van der Waals surface area contributed by atoms with Gasteiger partial charge in [0.2, 0.25) is 0 Å². The quantitative estimate of drug-likeness (QED) is 0.270. The fourth-order valence-electron chi connectivity index (χ4n) is 3.65. The predicted octanol–water partition coefficient (Wildman–Crippen LogP) is 8.65. The van der Waals surface area contributed by atoms with Crippen molar-refractivity contribution in [2.24, 2.45) is 0 Å². The van der Waals surface area contributed by atoms with E-state index in [9.17, 15) is 0 Å². The number of hydrogen-bond donors (Lipinski definition) is 0. The molecule has 0 bridgehead atoms. The van der Waals surface area contributed by atoms with Crippen LogP contribution in [0.5, 0.6) is 23.0 Å². The van der Waals surface area contributed by atoms with E-state index in [-0.39, 0.29) is 0 Å². The van der Waals surface area contributed by atoms with E-state index in [1.165, 1.54) is 0 Å². The molecule has 0 fully saturated rings. The van der Waals surface area contributed by atoms with Crippen molar-refractivity contribution in [1.82, 2.24) is 0 Å². The molecule has 0 aliphatic heterocycles. The summed E-state index contributed by atoms with van der Waals surface area (Å²) >= 11 is 3.61. The summed E-state index contributed by atoms with van der Waals surface area (Å²) in [6.45, 7) is 2.02. The highest BCUT2D eigenvalue weighted by Crippen LogP contribution is 2.40. The largest absolute Gasteiger partial charge is 0.456 e. The molecule has 30 heavy (non-hydrogen) atoms. The third-order valence-electron chi connectivity index (χ3n) is 5.22. The number of halogens is 1. The normalized spacial score (nSPS) is 11.0. The van der Waals surface area contributed by atoms with Gasteiger partial charge in [0.1, 0.15) is 23.0 Å². The van der Waals surface area contributed by atoms with E-state index in [4.69, 9.17) is 9.47 Å². The minimum atomic E-state index is 0.760. The average molecular weight is 455 g/mol. The summed E-state index contributed by atoms with van der Waals surface area (Å²) < 4.78 is 13.6. The highest BCUT2D eigenvalue weighted by atomic mass is 79.9. The van der Waals surface area contributed by atoms with E-state index < -0.39 is 0 Å². The second-order valence-corrected chi connectivity index (χ2v) is 8.10. The van der Waals surface area contributed by atoms with Crippen LogP contribution in [0.15, 0.2) is 102 Å². The van der Waals surface area contributed by atoms with Gasteiger partial charge in [-0.15, -0.1) is 0 Å². The third kappa shape index (κ3) is 3.53. The van der Waals surface area contributed by atoms with Crippen molar-refractivity contribution in [1.29, 1.82) is 0 Å². The monoisotopic (exact) mass is 454 g/mol. The van der Waals surface area contributed by atoms with Crippen LogP contribution in [0.3, 0.4) is 0 Å². The Bertz CT molecular complexity index is 1260. The van der Waals surface area contributed by atoms with Gasteiger partial charge in [-0.05, 0) is 42.0 Å². The Kier molecular flexibility index (Phi) is 4.89. The Morgan fingerprint density at radius 1 is 0.533 bits per heavy atom. The number of rotatable bonds is 4. The first-order chi connectivity index (χ1) is 14.7. The molecule has 5 aromatic carbocycles. The Hall–Kier alpha value is -3.30. The first kappa shape index (κ1) is 18.7. The molecule has 3 heteroatoms. The van der Waals surface area contributed by atoms with E-state index in [1.54, 1.807) is 0 Å². The third-order valence-corrected chi connectivity index (χ3v) is 5.67. The smallest absolute Gasteiger partial charge is 0.135 e. The van der Waals surface area contributed by atoms with Gasteiger partial charge >= 0.3 is 0 Å². The van der Waals surface area contributed by atoms with Crippen molar-refractivity contribution >= 4 is 37.5 Å². The fourth-order valence-corrected chi connectivity index (χ4v) is 4.06. The summed E-state index contributed by atoms with van der Waals surface area (Å²) in [6.07, 6.45) is 0. The minimum absolute atomic E-state index is 0.760. The second-order valence-electron chi connectivity index (χ2n) is 7.19. The maximum absolute atomic E-state index is 6.36. The Morgan fingerprint density at radius 2 is 0.967 bits per heavy atom. The van der Waals surface area contributed by atoms with Gasteiger partial charge in [0.05, 0.1) is 0 Å². The van der Waals surface area contributed by atoms with Gasteiger partial charge in [-0.2, -0.15) is 0 Å². The van der Waals surface area contributed by atoms with Crippen LogP contribution in [0, 0.1) is 6.92 Å². The predicted molar refractivity (Wildman–Crippen MR) is 127 cm³/mol. The van der Waals surface area contributed by atoms with Crippen LogP contribution >= 0.6 is 15.9 Å². The number of hydrogen-bond acceptors (Lipinski definition) is 2. The molecule has 0 spiro atoms. The maximum Gasteiger partial charge on any atom is 0.135 e. The van der Waals surface area contributed by atoms with Gasteiger partial charge < -0.3 is 9.47 Å². The van der Waals surface area contributed by atoms with Crippen molar-refractivity contribution < 1.29 is 9.47 Å². The summed E-state index contributed by atoms with van der Waals surface area (Å²) in [5, 5.41) is 4.46. The molecule has 0 saturated heterocycles. The lowest BCUT2D eigenvalue weighted by Gasteiger charge is -2.16. The molecule has 146 valence electrons. The standard InChI is InChI=1S/C27H19BrO2/c1-18-26(29-24-14-6-10-19-8-2-4-12-22(19)24)16-21(28)17-27(18)30-25-15-7-11-20-9-3-5-13-23(20)25/h2-17H,1H3. The summed E-state index contributed by atoms with van der Waals surface area (Å²) in [5.41, 5.74) is 0.944. The van der Waals surface area contributed by atoms with Crippen molar-refractivity contribution in [3.8, 4) is 23.0 Å². The van der Waals surface area contributed by atoms with Crippen LogP contribution < -0.4 is 9.47 Å². The second kappa shape index (κ2) is 7.85. The Morgan fingerprint density at radius 3 is 1.47 bits per heavy atom. The molecule has 0 saturated carbocycles. The number of ether oxygens (including phenoxy) is 2. The molecule has 0 aromatic heterocycles. The van der Waals surface area contributed by atoms with Crippen molar-refractivity contribution in [2.75, 3.05) is 0 Å². The van der Waals surface area contributed by atoms with Gasteiger partial charge in [0.15, 0.2) is 0 Å². The molecule has 0 amide bonds. The van der Waals surface area contributed by atoms with Crippen LogP contribution in [-0.4, -0.2) is 0 Å². The van der Waals surface area contributed by atoms with Crippen molar-refractivity contribution in [2.45, 2.75) is 6.92 Å². The van der Waals surface area contributed by atoms with Crippen LogP contribution in [0.4, 0.5) is 0 Å². The van der Waals surface area contributed by atoms with E-state index in [0.29, 0.717) is 0 Å². The van der Waals surface area contributed by atoms with Gasteiger partial charge in [0.25, 0.3) is 0 Å². The highest BCUT2D eigenvalue weighted by Gasteiger charge is 2.13. The lowest BCUT2D eigenvalue weighted by molar-refractivity contribution is 0.458. The lowest BCUT2D eigenvalue weighted by Crippen LogP contribution is -1.94. The average Bonchev–Trinajstić information content (AvgIpc) is 2.77. The van der Waals surface area contributed by atoms with Gasteiger partial charge in [-0.3, -0.25) is 0 Å². The summed E-state index contributed by atoms with van der Waals surface area (Å²) in [6, 6.07) is 32.6.